The minimum absolute atomic E-state index is 0.0197. The van der Waals surface area contributed by atoms with Crippen LogP contribution in [0.5, 0.6) is 5.75 Å². The fraction of sp³-hybridized carbons (Fsp3) is 0. The summed E-state index contributed by atoms with van der Waals surface area (Å²) in [6, 6.07) is 12.9. The van der Waals surface area contributed by atoms with Crippen LogP contribution < -0.4 is 10.6 Å². The van der Waals surface area contributed by atoms with Crippen LogP contribution in [0.15, 0.2) is 63.6 Å². The topological polar surface area (TPSA) is 101 Å². The van der Waals surface area contributed by atoms with Gasteiger partial charge in [-0.05, 0) is 60.7 Å². The van der Waals surface area contributed by atoms with E-state index in [1.807, 2.05) is 0 Å². The molecule has 0 bridgehead atoms. The van der Waals surface area contributed by atoms with Gasteiger partial charge in [-0.1, -0.05) is 11.6 Å². The molecule has 3 N–H and O–H groups in total. The van der Waals surface area contributed by atoms with Gasteiger partial charge in [-0.25, -0.2) is 4.98 Å². The van der Waals surface area contributed by atoms with Crippen LogP contribution >= 0.6 is 23.8 Å². The molecular weight excluding hydrogens is 402 g/mol. The molecule has 7 nitrogen and oxygen atoms in total. The average molecular weight is 414 g/mol. The maximum atomic E-state index is 12.0. The minimum Gasteiger partial charge on any atom is -0.507 e. The predicted molar refractivity (Wildman–Crippen MR) is 109 cm³/mol. The minimum atomic E-state index is -0.475. The van der Waals surface area contributed by atoms with E-state index in [9.17, 15) is 9.90 Å². The Kier molecular flexibility index (Phi) is 4.72. The summed E-state index contributed by atoms with van der Waals surface area (Å²) in [7, 11) is 0. The van der Waals surface area contributed by atoms with Gasteiger partial charge in [0.05, 0.1) is 11.8 Å². The van der Waals surface area contributed by atoms with Crippen LogP contribution in [0.2, 0.25) is 5.02 Å². The van der Waals surface area contributed by atoms with E-state index in [1.165, 1.54) is 18.4 Å². The van der Waals surface area contributed by atoms with Gasteiger partial charge in [0.2, 0.25) is 5.89 Å². The van der Waals surface area contributed by atoms with E-state index in [-0.39, 0.29) is 22.5 Å². The molecule has 140 valence electrons. The number of amides is 1. The van der Waals surface area contributed by atoms with Crippen molar-refractivity contribution in [2.75, 3.05) is 5.32 Å². The number of aromatic hydroxyl groups is 1. The van der Waals surface area contributed by atoms with Gasteiger partial charge in [0.25, 0.3) is 5.91 Å². The molecule has 0 radical (unpaired) electrons. The summed E-state index contributed by atoms with van der Waals surface area (Å²) in [4.78, 5) is 16.3. The van der Waals surface area contributed by atoms with Crippen LogP contribution in [0.25, 0.3) is 22.6 Å². The molecule has 4 aromatic rings. The molecule has 2 heterocycles. The van der Waals surface area contributed by atoms with E-state index in [0.717, 1.165) is 0 Å². The molecule has 0 unspecified atom stereocenters. The number of halogens is 1. The number of anilines is 1. The first kappa shape index (κ1) is 18.0. The molecule has 0 atom stereocenters. The zero-order valence-corrected chi connectivity index (χ0v) is 15.7. The summed E-state index contributed by atoms with van der Waals surface area (Å²) < 4.78 is 10.7. The fourth-order valence-electron chi connectivity index (χ4n) is 2.54. The highest BCUT2D eigenvalue weighted by molar-refractivity contribution is 7.80. The number of phenolic OH excluding ortho intramolecular Hbond substituents is 1. The second kappa shape index (κ2) is 7.34. The summed E-state index contributed by atoms with van der Waals surface area (Å²) in [5.74, 6) is -0.129. The number of rotatable bonds is 3. The zero-order valence-electron chi connectivity index (χ0n) is 14.1. The monoisotopic (exact) mass is 413 g/mol. The Balaban J connectivity index is 1.56. The van der Waals surface area contributed by atoms with E-state index in [4.69, 9.17) is 32.7 Å². The zero-order chi connectivity index (χ0) is 19.7. The Bertz CT molecular complexity index is 1190. The maximum Gasteiger partial charge on any atom is 0.293 e. The number of phenols is 1. The van der Waals surface area contributed by atoms with Crippen LogP contribution in [0.3, 0.4) is 0 Å². The number of carbonyl (C=O) groups excluding carboxylic acids is 1. The van der Waals surface area contributed by atoms with Gasteiger partial charge >= 0.3 is 0 Å². The quantitative estimate of drug-likeness (QED) is 0.334. The van der Waals surface area contributed by atoms with Gasteiger partial charge in [-0.2, -0.15) is 0 Å². The molecule has 9 heteroatoms. The number of nitrogens with zero attached hydrogens (tertiary/aromatic N) is 1. The Morgan fingerprint density at radius 2 is 2.04 bits per heavy atom. The van der Waals surface area contributed by atoms with E-state index in [0.29, 0.717) is 27.4 Å². The van der Waals surface area contributed by atoms with Crippen molar-refractivity contribution in [1.29, 1.82) is 0 Å². The Labute approximate surface area is 168 Å². The van der Waals surface area contributed by atoms with Crippen LogP contribution in [-0.4, -0.2) is 21.1 Å². The first-order valence-electron chi connectivity index (χ1n) is 8.05. The van der Waals surface area contributed by atoms with E-state index < -0.39 is 5.91 Å². The van der Waals surface area contributed by atoms with E-state index in [2.05, 4.69) is 15.6 Å². The number of furan rings is 1. The maximum absolute atomic E-state index is 12.0. The summed E-state index contributed by atoms with van der Waals surface area (Å²) in [6.45, 7) is 0. The lowest BCUT2D eigenvalue weighted by atomic mass is 10.1. The first-order chi connectivity index (χ1) is 13.5. The van der Waals surface area contributed by atoms with Crippen molar-refractivity contribution in [1.82, 2.24) is 10.3 Å². The van der Waals surface area contributed by atoms with Gasteiger partial charge in [-0.15, -0.1) is 0 Å². The molecule has 0 aliphatic heterocycles. The molecule has 2 aromatic heterocycles. The van der Waals surface area contributed by atoms with Crippen molar-refractivity contribution < 1.29 is 18.7 Å². The first-order valence-corrected chi connectivity index (χ1v) is 8.83. The molecule has 0 saturated heterocycles. The number of nitrogens with one attached hydrogen (secondary N) is 2. The van der Waals surface area contributed by atoms with E-state index in [1.54, 1.807) is 36.4 Å². The largest absolute Gasteiger partial charge is 0.507 e. The molecule has 0 saturated carbocycles. The van der Waals surface area contributed by atoms with Gasteiger partial charge in [0.1, 0.15) is 11.3 Å². The smallest absolute Gasteiger partial charge is 0.293 e. The van der Waals surface area contributed by atoms with Gasteiger partial charge < -0.3 is 19.3 Å². The second-order valence-electron chi connectivity index (χ2n) is 5.75. The normalized spacial score (nSPS) is 10.8. The SMILES string of the molecule is O=C(NC(=S)Nc1ccc(O)c(-c2nc3cc(Cl)ccc3o2)c1)c1ccco1. The lowest BCUT2D eigenvalue weighted by molar-refractivity contribution is 0.0950. The Morgan fingerprint density at radius 3 is 2.82 bits per heavy atom. The van der Waals surface area contributed by atoms with Crippen LogP contribution in [0.4, 0.5) is 5.69 Å². The van der Waals surface area contributed by atoms with Crippen molar-refractivity contribution >= 4 is 51.6 Å². The highest BCUT2D eigenvalue weighted by atomic mass is 35.5. The highest BCUT2D eigenvalue weighted by Crippen LogP contribution is 2.33. The van der Waals surface area contributed by atoms with Crippen LogP contribution in [0.1, 0.15) is 10.6 Å². The molecule has 2 aromatic carbocycles. The Morgan fingerprint density at radius 1 is 1.18 bits per heavy atom. The molecule has 0 aliphatic carbocycles. The standard InChI is InChI=1S/C19H12ClN3O4S/c20-10-3-6-15-13(8-10)22-18(27-15)12-9-11(4-5-14(12)24)21-19(28)23-17(25)16-2-1-7-26-16/h1-9,24H,(H2,21,23,25,28). The lowest BCUT2D eigenvalue weighted by Gasteiger charge is -2.10. The predicted octanol–water partition coefficient (Wildman–Crippen LogP) is 4.57. The lowest BCUT2D eigenvalue weighted by Crippen LogP contribution is -2.33. The van der Waals surface area contributed by atoms with Crippen molar-refractivity contribution in [2.24, 2.45) is 0 Å². The molecule has 4 rings (SSSR count). The third kappa shape index (κ3) is 3.68. The summed E-state index contributed by atoms with van der Waals surface area (Å²) in [5, 5.41) is 16.2. The number of oxazole rings is 1. The third-order valence-corrected chi connectivity index (χ3v) is 4.25. The average Bonchev–Trinajstić information content (AvgIpc) is 3.32. The van der Waals surface area contributed by atoms with Gasteiger partial charge in [0.15, 0.2) is 16.5 Å². The van der Waals surface area contributed by atoms with Crippen LogP contribution in [-0.2, 0) is 0 Å². The summed E-state index contributed by atoms with van der Waals surface area (Å²) in [5.41, 5.74) is 2.00. The third-order valence-electron chi connectivity index (χ3n) is 3.81. The van der Waals surface area contributed by atoms with Crippen molar-refractivity contribution in [3.8, 4) is 17.2 Å². The number of carbonyl (C=O) groups is 1. The number of thiocarbonyl (C=S) groups is 1. The highest BCUT2D eigenvalue weighted by Gasteiger charge is 2.15. The molecular formula is C19H12ClN3O4S. The Hall–Kier alpha value is -3.36. The summed E-state index contributed by atoms with van der Waals surface area (Å²) >= 11 is 11.1. The van der Waals surface area contributed by atoms with E-state index >= 15 is 0 Å². The molecule has 1 amide bonds. The molecule has 28 heavy (non-hydrogen) atoms. The number of hydrogen-bond donors (Lipinski definition) is 3. The fourth-order valence-corrected chi connectivity index (χ4v) is 2.91. The number of hydrogen-bond acceptors (Lipinski definition) is 6. The number of benzene rings is 2. The molecule has 0 aliphatic rings. The van der Waals surface area contributed by atoms with Gasteiger partial charge in [-0.3, -0.25) is 10.1 Å². The van der Waals surface area contributed by atoms with Crippen molar-refractivity contribution in [3.05, 3.63) is 65.6 Å². The second-order valence-corrected chi connectivity index (χ2v) is 6.59. The van der Waals surface area contributed by atoms with Crippen LogP contribution in [0, 0.1) is 0 Å². The number of aromatic nitrogens is 1. The molecule has 0 fully saturated rings. The number of fused-ring (bicyclic) bond motifs is 1. The van der Waals surface area contributed by atoms with Gasteiger partial charge in [0, 0.05) is 10.7 Å². The molecule has 0 spiro atoms. The van der Waals surface area contributed by atoms with Crippen molar-refractivity contribution in [2.45, 2.75) is 0 Å². The summed E-state index contributed by atoms with van der Waals surface area (Å²) in [6.07, 6.45) is 1.39. The van der Waals surface area contributed by atoms with Crippen molar-refractivity contribution in [3.63, 3.8) is 0 Å².